The number of thioether (sulfide) groups is 1. The Morgan fingerprint density at radius 2 is 1.53 bits per heavy atom. The molecular weight excluding hydrogens is 449 g/mol. The van der Waals surface area contributed by atoms with E-state index >= 15 is 0 Å². The summed E-state index contributed by atoms with van der Waals surface area (Å²) in [7, 11) is 0. The lowest BCUT2D eigenvalue weighted by atomic mass is 10.1. The number of benzene rings is 2. The summed E-state index contributed by atoms with van der Waals surface area (Å²) < 4.78 is 15.6. The fourth-order valence-electron chi connectivity index (χ4n) is 4.66. The third kappa shape index (κ3) is 5.33. The Kier molecular flexibility index (Phi) is 7.25. The minimum Gasteiger partial charge on any atom is -0.339 e. The van der Waals surface area contributed by atoms with E-state index in [-0.39, 0.29) is 11.7 Å². The van der Waals surface area contributed by atoms with Crippen molar-refractivity contribution in [2.24, 2.45) is 0 Å². The highest BCUT2D eigenvalue weighted by molar-refractivity contribution is 7.98. The van der Waals surface area contributed by atoms with Gasteiger partial charge in [-0.15, -0.1) is 10.2 Å². The Morgan fingerprint density at radius 1 is 0.853 bits per heavy atom. The van der Waals surface area contributed by atoms with Gasteiger partial charge in [0.05, 0.1) is 6.54 Å². The smallest absolute Gasteiger partial charge is 0.253 e. The summed E-state index contributed by atoms with van der Waals surface area (Å²) in [5, 5.41) is 9.79. The number of hydrogen-bond acceptors (Lipinski definition) is 5. The number of halogens is 1. The van der Waals surface area contributed by atoms with Crippen LogP contribution < -0.4 is 0 Å². The number of carbonyl (C=O) groups is 1. The molecule has 1 aromatic heterocycles. The molecule has 0 spiro atoms. The Balaban J connectivity index is 1.31. The van der Waals surface area contributed by atoms with Crippen molar-refractivity contribution in [2.75, 3.05) is 26.2 Å². The van der Waals surface area contributed by atoms with E-state index < -0.39 is 0 Å². The number of amides is 1. The predicted octanol–water partition coefficient (Wildman–Crippen LogP) is 4.92. The molecule has 0 bridgehead atoms. The van der Waals surface area contributed by atoms with E-state index in [9.17, 15) is 9.18 Å². The number of piperidine rings is 1. The molecule has 2 aliphatic heterocycles. The van der Waals surface area contributed by atoms with Gasteiger partial charge in [-0.1, -0.05) is 30.3 Å². The summed E-state index contributed by atoms with van der Waals surface area (Å²) in [6, 6.07) is 14.4. The summed E-state index contributed by atoms with van der Waals surface area (Å²) in [5.41, 5.74) is 2.73. The van der Waals surface area contributed by atoms with E-state index in [0.29, 0.717) is 5.75 Å². The maximum atomic E-state index is 13.6. The van der Waals surface area contributed by atoms with E-state index in [1.807, 2.05) is 33.7 Å². The molecule has 0 radical (unpaired) electrons. The van der Waals surface area contributed by atoms with Gasteiger partial charge in [0.1, 0.15) is 5.82 Å². The molecule has 0 unspecified atom stereocenters. The topological polar surface area (TPSA) is 54.3 Å². The van der Waals surface area contributed by atoms with Crippen LogP contribution in [0.15, 0.2) is 53.7 Å². The van der Waals surface area contributed by atoms with Crippen molar-refractivity contribution < 1.29 is 9.18 Å². The van der Waals surface area contributed by atoms with Crippen LogP contribution in [0, 0.1) is 5.82 Å². The van der Waals surface area contributed by atoms with Crippen molar-refractivity contribution in [3.05, 3.63) is 71.3 Å². The van der Waals surface area contributed by atoms with Crippen molar-refractivity contribution in [3.8, 4) is 5.69 Å². The van der Waals surface area contributed by atoms with Crippen LogP contribution in [0.4, 0.5) is 4.39 Å². The normalized spacial score (nSPS) is 16.8. The molecule has 2 aliphatic rings. The van der Waals surface area contributed by atoms with Gasteiger partial charge in [0.2, 0.25) is 0 Å². The molecule has 34 heavy (non-hydrogen) atoms. The Bertz CT molecular complexity index is 1100. The van der Waals surface area contributed by atoms with Crippen LogP contribution in [0.1, 0.15) is 53.8 Å². The first-order chi connectivity index (χ1) is 16.7. The number of likely N-dealkylation sites (tertiary alicyclic amines) is 2. The lowest BCUT2D eigenvalue weighted by molar-refractivity contribution is 0.0793. The van der Waals surface area contributed by atoms with Gasteiger partial charge in [-0.05, 0) is 80.7 Å². The molecule has 5 rings (SSSR count). The first-order valence-electron chi connectivity index (χ1n) is 12.1. The van der Waals surface area contributed by atoms with Crippen LogP contribution in [0.5, 0.6) is 0 Å². The van der Waals surface area contributed by atoms with Gasteiger partial charge >= 0.3 is 0 Å². The fourth-order valence-corrected chi connectivity index (χ4v) is 5.58. The van der Waals surface area contributed by atoms with Gasteiger partial charge in [-0.25, -0.2) is 4.39 Å². The number of hydrogen-bond donors (Lipinski definition) is 0. The zero-order chi connectivity index (χ0) is 23.3. The van der Waals surface area contributed by atoms with Crippen molar-refractivity contribution >= 4 is 17.7 Å². The molecule has 0 atom stereocenters. The van der Waals surface area contributed by atoms with Gasteiger partial charge in [0.25, 0.3) is 5.91 Å². The van der Waals surface area contributed by atoms with Crippen LogP contribution in [0.25, 0.3) is 5.69 Å². The summed E-state index contributed by atoms with van der Waals surface area (Å²) in [5.74, 6) is 1.45. The fraction of sp³-hybridized carbons (Fsp3) is 0.423. The van der Waals surface area contributed by atoms with Crippen molar-refractivity contribution in [1.82, 2.24) is 24.6 Å². The third-order valence-corrected chi connectivity index (χ3v) is 7.56. The van der Waals surface area contributed by atoms with Crippen LogP contribution in [-0.4, -0.2) is 56.7 Å². The SMILES string of the molecule is O=C(c1ccc(CSc2nnc(CN3CCCCC3)n2-c2ccc(F)cc2)cc1)N1CCCC1. The minimum absolute atomic E-state index is 0.120. The Hall–Kier alpha value is -2.71. The molecule has 0 N–H and O–H groups in total. The average molecular weight is 480 g/mol. The molecule has 3 heterocycles. The van der Waals surface area contributed by atoms with Crippen LogP contribution in [0.2, 0.25) is 0 Å². The molecule has 3 aromatic rings. The number of aromatic nitrogens is 3. The molecule has 2 fully saturated rings. The number of carbonyl (C=O) groups excluding carboxylic acids is 1. The molecule has 2 saturated heterocycles. The molecule has 6 nitrogen and oxygen atoms in total. The van der Waals surface area contributed by atoms with E-state index in [1.165, 1.54) is 31.4 Å². The summed E-state index contributed by atoms with van der Waals surface area (Å²) in [4.78, 5) is 16.9. The molecule has 2 aromatic carbocycles. The van der Waals surface area contributed by atoms with Crippen LogP contribution in [-0.2, 0) is 12.3 Å². The van der Waals surface area contributed by atoms with Gasteiger partial charge < -0.3 is 4.90 Å². The molecule has 8 heteroatoms. The lowest BCUT2D eigenvalue weighted by Crippen LogP contribution is -2.30. The zero-order valence-corrected chi connectivity index (χ0v) is 20.1. The molecule has 178 valence electrons. The van der Waals surface area contributed by atoms with Crippen molar-refractivity contribution in [3.63, 3.8) is 0 Å². The molecule has 0 saturated carbocycles. The first-order valence-corrected chi connectivity index (χ1v) is 13.1. The van der Waals surface area contributed by atoms with Gasteiger partial charge in [0.15, 0.2) is 11.0 Å². The Morgan fingerprint density at radius 3 is 2.24 bits per heavy atom. The number of rotatable bonds is 7. The van der Waals surface area contributed by atoms with E-state index in [4.69, 9.17) is 0 Å². The summed E-state index contributed by atoms with van der Waals surface area (Å²) >= 11 is 1.60. The van der Waals surface area contributed by atoms with Crippen molar-refractivity contribution in [2.45, 2.75) is 49.6 Å². The summed E-state index contributed by atoms with van der Waals surface area (Å²) in [6.45, 7) is 4.59. The van der Waals surface area contributed by atoms with E-state index in [1.54, 1.807) is 23.9 Å². The Labute approximate surface area is 204 Å². The van der Waals surface area contributed by atoms with E-state index in [0.717, 1.165) is 73.4 Å². The monoisotopic (exact) mass is 479 g/mol. The highest BCUT2D eigenvalue weighted by atomic mass is 32.2. The van der Waals surface area contributed by atoms with Gasteiger partial charge in [0, 0.05) is 30.1 Å². The van der Waals surface area contributed by atoms with E-state index in [2.05, 4.69) is 15.1 Å². The van der Waals surface area contributed by atoms with Crippen molar-refractivity contribution in [1.29, 1.82) is 0 Å². The minimum atomic E-state index is -0.257. The predicted molar refractivity (Wildman–Crippen MR) is 132 cm³/mol. The summed E-state index contributed by atoms with van der Waals surface area (Å²) in [6.07, 6.45) is 5.89. The van der Waals surface area contributed by atoms with Crippen LogP contribution >= 0.6 is 11.8 Å². The van der Waals surface area contributed by atoms with Gasteiger partial charge in [-0.3, -0.25) is 14.3 Å². The molecule has 1 amide bonds. The zero-order valence-electron chi connectivity index (χ0n) is 19.3. The quantitative estimate of drug-likeness (QED) is 0.450. The highest BCUT2D eigenvalue weighted by Gasteiger charge is 2.20. The van der Waals surface area contributed by atoms with Gasteiger partial charge in [-0.2, -0.15) is 0 Å². The second-order valence-corrected chi connectivity index (χ2v) is 9.97. The maximum Gasteiger partial charge on any atom is 0.253 e. The average Bonchev–Trinajstić information content (AvgIpc) is 3.55. The third-order valence-electron chi connectivity index (χ3n) is 6.56. The number of nitrogens with zero attached hydrogens (tertiary/aromatic N) is 5. The molecule has 0 aliphatic carbocycles. The molecular formula is C26H30FN5OS. The largest absolute Gasteiger partial charge is 0.339 e. The second-order valence-electron chi connectivity index (χ2n) is 9.03. The standard InChI is InChI=1S/C26H30FN5OS/c27-22-10-12-23(13-11-22)32-24(18-30-14-2-1-3-15-30)28-29-26(32)34-19-20-6-8-21(9-7-20)25(33)31-16-4-5-17-31/h6-13H,1-5,14-19H2. The maximum absolute atomic E-state index is 13.6. The lowest BCUT2D eigenvalue weighted by Gasteiger charge is -2.26. The first kappa shape index (κ1) is 23.1. The second kappa shape index (κ2) is 10.7. The highest BCUT2D eigenvalue weighted by Crippen LogP contribution is 2.27. The van der Waals surface area contributed by atoms with Crippen LogP contribution in [0.3, 0.4) is 0 Å².